The maximum Gasteiger partial charge on any atom is 0.245 e. The fourth-order valence-corrected chi connectivity index (χ4v) is 4.26. The third-order valence-electron chi connectivity index (χ3n) is 5.66. The number of hydrazone groups is 1. The predicted molar refractivity (Wildman–Crippen MR) is 116 cm³/mol. The molecule has 2 aliphatic rings. The highest BCUT2D eigenvalue weighted by Gasteiger charge is 2.37. The van der Waals surface area contributed by atoms with Crippen molar-refractivity contribution >= 4 is 11.6 Å². The molecule has 2 aromatic carbocycles. The van der Waals surface area contributed by atoms with Crippen molar-refractivity contribution in [1.82, 2.24) is 10.3 Å². The Morgan fingerprint density at radius 2 is 1.94 bits per heavy atom. The van der Waals surface area contributed by atoms with Crippen LogP contribution in [0.5, 0.6) is 0 Å². The van der Waals surface area contributed by atoms with E-state index in [4.69, 9.17) is 9.47 Å². The number of amides is 1. The van der Waals surface area contributed by atoms with Gasteiger partial charge in [-0.1, -0.05) is 41.5 Å². The third kappa shape index (κ3) is 5.18. The zero-order valence-electron chi connectivity index (χ0n) is 18.1. The van der Waals surface area contributed by atoms with Gasteiger partial charge in [0.15, 0.2) is 6.29 Å². The average Bonchev–Trinajstić information content (AvgIpc) is 3.13. The van der Waals surface area contributed by atoms with E-state index >= 15 is 0 Å². The maximum atomic E-state index is 13.6. The molecule has 0 spiro atoms. The number of carbonyl (C=O) groups is 1. The van der Waals surface area contributed by atoms with E-state index in [2.05, 4.69) is 47.5 Å². The van der Waals surface area contributed by atoms with Crippen LogP contribution in [0.15, 0.2) is 47.6 Å². The number of hydrogen-bond acceptors (Lipinski definition) is 5. The summed E-state index contributed by atoms with van der Waals surface area (Å²) in [7, 11) is 0. The van der Waals surface area contributed by atoms with E-state index in [0.29, 0.717) is 19.7 Å². The number of morpholine rings is 1. The van der Waals surface area contributed by atoms with Crippen LogP contribution in [-0.4, -0.2) is 42.5 Å². The van der Waals surface area contributed by atoms with E-state index in [1.807, 2.05) is 6.92 Å². The molecule has 1 amide bonds. The molecule has 2 aromatic rings. The zero-order chi connectivity index (χ0) is 22.0. The molecule has 164 valence electrons. The number of benzene rings is 2. The molecule has 0 bridgehead atoms. The molecule has 0 aliphatic carbocycles. The third-order valence-corrected chi connectivity index (χ3v) is 5.66. The van der Waals surface area contributed by atoms with Gasteiger partial charge in [0.05, 0.1) is 30.9 Å². The van der Waals surface area contributed by atoms with Crippen LogP contribution in [0.1, 0.15) is 47.7 Å². The molecule has 0 unspecified atom stereocenters. The molecule has 1 N–H and O–H groups in total. The van der Waals surface area contributed by atoms with Crippen molar-refractivity contribution in [2.24, 2.45) is 5.10 Å². The molecule has 4 rings (SSSR count). The van der Waals surface area contributed by atoms with Crippen LogP contribution in [0.3, 0.4) is 0 Å². The summed E-state index contributed by atoms with van der Waals surface area (Å²) in [6, 6.07) is 12.6. The van der Waals surface area contributed by atoms with Crippen LogP contribution < -0.4 is 5.43 Å². The van der Waals surface area contributed by atoms with Gasteiger partial charge in [0.25, 0.3) is 0 Å². The van der Waals surface area contributed by atoms with Crippen LogP contribution >= 0.6 is 0 Å². The van der Waals surface area contributed by atoms with Crippen molar-refractivity contribution in [3.8, 4) is 0 Å². The summed E-state index contributed by atoms with van der Waals surface area (Å²) < 4.78 is 26.1. The minimum absolute atomic E-state index is 0.0992. The van der Waals surface area contributed by atoms with E-state index in [-0.39, 0.29) is 30.3 Å². The predicted octanol–water partition coefficient (Wildman–Crippen LogP) is 3.80. The first-order valence-corrected chi connectivity index (χ1v) is 10.6. The number of aryl methyl sites for hydroxylation is 2. The number of hydrogen-bond donors (Lipinski definition) is 1. The highest BCUT2D eigenvalue weighted by Crippen LogP contribution is 2.34. The summed E-state index contributed by atoms with van der Waals surface area (Å²) in [4.78, 5) is 13.8. The molecular formula is C24H28FN3O3. The lowest BCUT2D eigenvalue weighted by Gasteiger charge is -2.42. The summed E-state index contributed by atoms with van der Waals surface area (Å²) in [5.74, 6) is -0.388. The van der Waals surface area contributed by atoms with Crippen molar-refractivity contribution in [2.75, 3.05) is 19.7 Å². The SMILES string of the molecule is Cc1cc(C)cc([C@@H](C)O[C@H]2OCCN(CC3=NNC(=O)C3)[C@H]2c2ccc(F)cc2)c1. The molecule has 6 nitrogen and oxygen atoms in total. The van der Waals surface area contributed by atoms with Gasteiger partial charge < -0.3 is 9.47 Å². The van der Waals surface area contributed by atoms with Gasteiger partial charge in [0.1, 0.15) is 5.82 Å². The van der Waals surface area contributed by atoms with Crippen LogP contribution in [-0.2, 0) is 14.3 Å². The van der Waals surface area contributed by atoms with Crippen molar-refractivity contribution in [1.29, 1.82) is 0 Å². The molecule has 0 radical (unpaired) electrons. The van der Waals surface area contributed by atoms with Gasteiger partial charge in [0.2, 0.25) is 5.91 Å². The lowest BCUT2D eigenvalue weighted by atomic mass is 10.0. The van der Waals surface area contributed by atoms with Gasteiger partial charge in [-0.05, 0) is 44.0 Å². The van der Waals surface area contributed by atoms with E-state index in [1.165, 1.54) is 23.3 Å². The smallest absolute Gasteiger partial charge is 0.245 e. The number of nitrogens with one attached hydrogen (secondary N) is 1. The summed E-state index contributed by atoms with van der Waals surface area (Å²) in [5.41, 5.74) is 7.64. The summed E-state index contributed by atoms with van der Waals surface area (Å²) in [5, 5.41) is 4.14. The van der Waals surface area contributed by atoms with Gasteiger partial charge in [-0.15, -0.1) is 0 Å². The Bertz CT molecular complexity index is 956. The summed E-state index contributed by atoms with van der Waals surface area (Å²) in [6.45, 7) is 7.83. The molecule has 1 saturated heterocycles. The largest absolute Gasteiger partial charge is 0.349 e. The standard InChI is InChI=1S/C24H28FN3O3/c1-15-10-16(2)12-19(11-15)17(3)31-24-23(18-4-6-20(25)7-5-18)28(8-9-30-24)14-21-13-22(29)27-26-21/h4-7,10-12,17,23-24H,8-9,13-14H2,1-3H3,(H,27,29)/t17-,23+,24-/m1/s1. The van der Waals surface area contributed by atoms with E-state index in [9.17, 15) is 9.18 Å². The normalized spacial score (nSPS) is 22.8. The average molecular weight is 426 g/mol. The molecule has 0 saturated carbocycles. The van der Waals surface area contributed by atoms with Gasteiger partial charge in [0, 0.05) is 13.1 Å². The molecule has 1 fully saturated rings. The first-order chi connectivity index (χ1) is 14.9. The zero-order valence-corrected chi connectivity index (χ0v) is 18.1. The van der Waals surface area contributed by atoms with Crippen LogP contribution in [0, 0.1) is 19.7 Å². The van der Waals surface area contributed by atoms with Crippen LogP contribution in [0.2, 0.25) is 0 Å². The Balaban J connectivity index is 1.59. The van der Waals surface area contributed by atoms with Crippen molar-refractivity contribution in [3.05, 3.63) is 70.5 Å². The number of ether oxygens (including phenoxy) is 2. The first-order valence-electron chi connectivity index (χ1n) is 10.6. The molecular weight excluding hydrogens is 397 g/mol. The Hall–Kier alpha value is -2.61. The highest BCUT2D eigenvalue weighted by atomic mass is 19.1. The lowest BCUT2D eigenvalue weighted by molar-refractivity contribution is -0.227. The summed E-state index contributed by atoms with van der Waals surface area (Å²) in [6.07, 6.45) is -0.433. The molecule has 2 heterocycles. The van der Waals surface area contributed by atoms with E-state index in [0.717, 1.165) is 16.8 Å². The molecule has 2 aliphatic heterocycles. The van der Waals surface area contributed by atoms with Gasteiger partial charge >= 0.3 is 0 Å². The molecule has 3 atom stereocenters. The lowest BCUT2D eigenvalue weighted by Crippen LogP contribution is -2.48. The van der Waals surface area contributed by atoms with Gasteiger partial charge in [-0.3, -0.25) is 9.69 Å². The van der Waals surface area contributed by atoms with Gasteiger partial charge in [-0.25, -0.2) is 9.82 Å². The Morgan fingerprint density at radius 1 is 1.23 bits per heavy atom. The van der Waals surface area contributed by atoms with Crippen LogP contribution in [0.4, 0.5) is 4.39 Å². The Labute approximate surface area is 182 Å². The monoisotopic (exact) mass is 425 g/mol. The topological polar surface area (TPSA) is 63.2 Å². The van der Waals surface area contributed by atoms with E-state index < -0.39 is 6.29 Å². The summed E-state index contributed by atoms with van der Waals surface area (Å²) >= 11 is 0. The minimum Gasteiger partial charge on any atom is -0.349 e. The number of nitrogens with zero attached hydrogens (tertiary/aromatic N) is 2. The second-order valence-corrected chi connectivity index (χ2v) is 8.30. The van der Waals surface area contributed by atoms with Gasteiger partial charge in [-0.2, -0.15) is 5.10 Å². The number of carbonyl (C=O) groups excluding carboxylic acids is 1. The highest BCUT2D eigenvalue weighted by molar-refractivity contribution is 6.05. The molecule has 0 aromatic heterocycles. The first kappa shape index (κ1) is 21.6. The second kappa shape index (κ2) is 9.26. The molecule has 31 heavy (non-hydrogen) atoms. The van der Waals surface area contributed by atoms with E-state index in [1.54, 1.807) is 12.1 Å². The maximum absolute atomic E-state index is 13.6. The fourth-order valence-electron chi connectivity index (χ4n) is 4.26. The van der Waals surface area contributed by atoms with Crippen LogP contribution in [0.25, 0.3) is 0 Å². The van der Waals surface area contributed by atoms with Crippen molar-refractivity contribution < 1.29 is 18.7 Å². The van der Waals surface area contributed by atoms with Crippen molar-refractivity contribution in [2.45, 2.75) is 45.6 Å². The Morgan fingerprint density at radius 3 is 2.58 bits per heavy atom. The second-order valence-electron chi connectivity index (χ2n) is 8.30. The van der Waals surface area contributed by atoms with Crippen molar-refractivity contribution in [3.63, 3.8) is 0 Å². The quantitative estimate of drug-likeness (QED) is 0.765. The Kier molecular flexibility index (Phi) is 6.46. The molecule has 7 heteroatoms. The fraction of sp³-hybridized carbons (Fsp3) is 0.417. The number of rotatable bonds is 6. The number of halogens is 1. The minimum atomic E-state index is -0.541.